The third-order valence-corrected chi connectivity index (χ3v) is 19.5. The van der Waals surface area contributed by atoms with Crippen LogP contribution in [-0.4, -0.2) is 165 Å². The van der Waals surface area contributed by atoms with Crippen molar-refractivity contribution < 1.29 is 84.9 Å². The predicted molar refractivity (Wildman–Crippen MR) is 266 cm³/mol. The second-order valence-corrected chi connectivity index (χ2v) is 28.1. The van der Waals surface area contributed by atoms with Crippen LogP contribution in [0.2, 0.25) is 0 Å². The Kier molecular flexibility index (Phi) is 48.8. The van der Waals surface area contributed by atoms with Crippen LogP contribution in [0.4, 0.5) is 0 Å². The topological polar surface area (TPSA) is 232 Å². The Morgan fingerprint density at radius 2 is 0.369 bits per heavy atom. The second-order valence-electron chi connectivity index (χ2n) is 14.6. The molecule has 0 saturated heterocycles. The Morgan fingerprint density at radius 3 is 0.523 bits per heavy atom. The molecule has 0 aromatic heterocycles. The Morgan fingerprint density at radius 1 is 0.231 bits per heavy atom. The Labute approximate surface area is 413 Å². The second kappa shape index (κ2) is 47.2. The maximum atomic E-state index is 9.10. The van der Waals surface area contributed by atoms with E-state index in [1.54, 1.807) is 0 Å². The van der Waals surface area contributed by atoms with Gasteiger partial charge in [0.15, 0.2) is 0 Å². The van der Waals surface area contributed by atoms with Crippen LogP contribution in [0.25, 0.3) is 0 Å². The summed E-state index contributed by atoms with van der Waals surface area (Å²) >= 11 is 19.9. The molecular weight excluding hydrogens is 1060 g/mol. The summed E-state index contributed by atoms with van der Waals surface area (Å²) in [6, 6.07) is 0. The molecule has 0 unspecified atom stereocenters. The molecule has 0 spiro atoms. The normalized spacial score (nSPS) is 12.8. The molecule has 0 amide bonds. The number of hydrogen-bond donors (Lipinski definition) is 6. The van der Waals surface area contributed by atoms with E-state index in [9.17, 15) is 0 Å². The van der Waals surface area contributed by atoms with Gasteiger partial charge in [-0.05, 0) is 38.5 Å². The van der Waals surface area contributed by atoms with Crippen LogP contribution >= 0.6 is 26.3 Å². The molecule has 65 heavy (non-hydrogen) atoms. The number of aliphatic hydroxyl groups excluding tert-OH is 6. The third-order valence-electron chi connectivity index (χ3n) is 8.67. The van der Waals surface area contributed by atoms with E-state index in [2.05, 4.69) is 15.1 Å². The molecule has 0 aliphatic carbocycles. The minimum absolute atomic E-state index is 0.0742. The van der Waals surface area contributed by atoms with Crippen LogP contribution in [0.3, 0.4) is 0 Å². The van der Waals surface area contributed by atoms with Gasteiger partial charge in [-0.25, -0.2) is 0 Å². The first-order chi connectivity index (χ1) is 31.5. The monoisotopic (exact) mass is 1140 g/mol. The van der Waals surface area contributed by atoms with Crippen molar-refractivity contribution in [1.29, 1.82) is 0 Å². The molecule has 0 radical (unpaired) electrons. The first-order valence-corrected chi connectivity index (χ1v) is 34.7. The fourth-order valence-electron chi connectivity index (χ4n) is 4.99. The van der Waals surface area contributed by atoms with Crippen molar-refractivity contribution in [2.75, 3.05) is 119 Å². The van der Waals surface area contributed by atoms with Crippen molar-refractivity contribution in [1.82, 2.24) is 0 Å². The third kappa shape index (κ3) is 42.4. The molecule has 0 heterocycles. The first kappa shape index (κ1) is 67.2. The average Bonchev–Trinajstić information content (AvgIpc) is 3.29. The van der Waals surface area contributed by atoms with Crippen LogP contribution in [0.5, 0.6) is 0 Å². The molecule has 0 aromatic rings. The van der Waals surface area contributed by atoms with Crippen molar-refractivity contribution >= 4 is 76.9 Å². The molecule has 26 heteroatoms. The number of hydrogen-bond acceptors (Lipinski definition) is 21. The van der Waals surface area contributed by atoms with Gasteiger partial charge in [0.05, 0.1) is 0 Å². The van der Waals surface area contributed by atoms with Crippen molar-refractivity contribution in [2.24, 2.45) is 0 Å². The molecule has 18 nitrogen and oxygen atoms in total. The van der Waals surface area contributed by atoms with E-state index in [0.717, 1.165) is 38.5 Å². The summed E-state index contributed by atoms with van der Waals surface area (Å²) in [6.45, 7) is -4.11. The van der Waals surface area contributed by atoms with E-state index >= 15 is 0 Å². The summed E-state index contributed by atoms with van der Waals surface area (Å²) in [7, 11) is 0. The summed E-state index contributed by atoms with van der Waals surface area (Å²) in [4.78, 5) is 0. The fraction of sp³-hybridized carbons (Fsp3) is 1.00. The van der Waals surface area contributed by atoms with E-state index in [-0.39, 0.29) is 39.6 Å². The first-order valence-electron chi connectivity index (χ1n) is 23.3. The molecule has 0 aliphatic rings. The van der Waals surface area contributed by atoms with Crippen molar-refractivity contribution in [3.05, 3.63) is 0 Å². The standard InChI is InChI=1S/C39H84O18P4S3Se/c40-22-4-16-31-49-58(62,50-32-17-5-23-41)46-28-10-1-13-37-55-61(65,56-38-14-2-11-29-47-59(63,51-33-18-6-24-42)52-34-19-7-25-43)57-39-15-3-12-30-48-60(64,53-35-20-8-26-44)54-36-21-9-27-45/h40-45H,1-39H2. The molecule has 392 valence electrons. The van der Waals surface area contributed by atoms with E-state index < -0.39 is 26.3 Å². The average molecular weight is 1140 g/mol. The summed E-state index contributed by atoms with van der Waals surface area (Å²) in [5, 5.41) is 54.6. The molecule has 0 bridgehead atoms. The van der Waals surface area contributed by atoms with Crippen molar-refractivity contribution in [2.45, 2.75) is 135 Å². The van der Waals surface area contributed by atoms with Gasteiger partial charge in [0.25, 0.3) is 0 Å². The van der Waals surface area contributed by atoms with E-state index in [1.165, 1.54) is 0 Å². The summed E-state index contributed by atoms with van der Waals surface area (Å²) in [6.07, 6.45) is 11.3. The zero-order chi connectivity index (χ0) is 48.1. The van der Waals surface area contributed by atoms with Gasteiger partial charge in [-0.15, -0.1) is 0 Å². The van der Waals surface area contributed by atoms with E-state index in [1.807, 2.05) is 0 Å². The molecule has 0 atom stereocenters. The minimum Gasteiger partial charge on any atom is -0.396 e. The van der Waals surface area contributed by atoms with Crippen LogP contribution in [0.15, 0.2) is 0 Å². The smallest absolute Gasteiger partial charge is 0.396 e. The number of aliphatic hydroxyl groups is 6. The zero-order valence-corrected chi connectivity index (χ0v) is 46.3. The molecule has 0 rings (SSSR count). The molecular formula is C39H84O18P4S3Se. The van der Waals surface area contributed by atoms with Crippen molar-refractivity contribution in [3.8, 4) is 0 Å². The van der Waals surface area contributed by atoms with Crippen molar-refractivity contribution in [3.63, 3.8) is 0 Å². The van der Waals surface area contributed by atoms with Gasteiger partial charge in [-0.2, -0.15) is 0 Å². The maximum absolute atomic E-state index is 9.10. The zero-order valence-electron chi connectivity index (χ0n) is 38.6. The van der Waals surface area contributed by atoms with Crippen LogP contribution in [-0.2, 0) is 89.7 Å². The van der Waals surface area contributed by atoms with Crippen LogP contribution in [0.1, 0.15) is 135 Å². The molecule has 0 aromatic carbocycles. The Hall–Kier alpha value is 2.18. The van der Waals surface area contributed by atoms with E-state index in [4.69, 9.17) is 120 Å². The SMILES string of the molecule is OCCCCOP(=S)(OCCCCO)OCCCCCOP(=[Se])(OCCCCCOP(=S)(OCCCCO)OCCCCO)OCCCCCOP(=S)(OCCCCO)OCCCCO. The van der Waals surface area contributed by atoms with Gasteiger partial charge < -0.3 is 30.6 Å². The predicted octanol–water partition coefficient (Wildman–Crippen LogP) is 7.85. The Bertz CT molecular complexity index is 1070. The van der Waals surface area contributed by atoms with Gasteiger partial charge >= 0.3 is 307 Å². The Balaban J connectivity index is 5.15. The number of rotatable bonds is 54. The molecule has 6 N–H and O–H groups in total. The van der Waals surface area contributed by atoms with Gasteiger partial charge in [0.1, 0.15) is 0 Å². The van der Waals surface area contributed by atoms with E-state index in [0.29, 0.717) is 176 Å². The minimum atomic E-state index is -2.95. The molecule has 0 aliphatic heterocycles. The fourth-order valence-corrected chi connectivity index (χ4v) is 13.5. The summed E-state index contributed by atoms with van der Waals surface area (Å²) < 4.78 is 71.5. The van der Waals surface area contributed by atoms with Gasteiger partial charge in [-0.1, -0.05) is 0 Å². The molecule has 0 saturated carbocycles. The van der Waals surface area contributed by atoms with Crippen LogP contribution in [0, 0.1) is 0 Å². The molecule has 0 fully saturated rings. The quantitative estimate of drug-likeness (QED) is 0.0193. The summed E-state index contributed by atoms with van der Waals surface area (Å²) in [5.41, 5.74) is 0. The van der Waals surface area contributed by atoms with Gasteiger partial charge in [0, 0.05) is 39.6 Å². The van der Waals surface area contributed by atoms with Gasteiger partial charge in [-0.3, -0.25) is 0 Å². The van der Waals surface area contributed by atoms with Crippen LogP contribution < -0.4 is 0 Å². The van der Waals surface area contributed by atoms with Gasteiger partial charge in [0.2, 0.25) is 0 Å². The summed E-state index contributed by atoms with van der Waals surface area (Å²) in [5.74, 6) is 0. The number of unbranched alkanes of at least 4 members (excludes halogenated alkanes) is 12.